The Balaban J connectivity index is 1.78. The van der Waals surface area contributed by atoms with Crippen LogP contribution >= 0.6 is 0 Å². The van der Waals surface area contributed by atoms with Crippen molar-refractivity contribution >= 4 is 10.0 Å². The van der Waals surface area contributed by atoms with Crippen LogP contribution in [0.2, 0.25) is 0 Å². The highest BCUT2D eigenvalue weighted by atomic mass is 32.2. The van der Waals surface area contributed by atoms with Crippen LogP contribution in [0.1, 0.15) is 5.56 Å². The third kappa shape index (κ3) is 5.83. The Morgan fingerprint density at radius 3 is 2.61 bits per heavy atom. The maximum atomic E-state index is 11.9. The summed E-state index contributed by atoms with van der Waals surface area (Å²) < 4.78 is 26.3. The van der Waals surface area contributed by atoms with Crippen LogP contribution in [0, 0.1) is 11.8 Å². The number of rotatable bonds is 6. The van der Waals surface area contributed by atoms with Crippen LogP contribution < -0.4 is 4.72 Å². The van der Waals surface area contributed by atoms with Crippen molar-refractivity contribution in [2.24, 2.45) is 0 Å². The Labute approximate surface area is 137 Å². The highest BCUT2D eigenvalue weighted by molar-refractivity contribution is 7.89. The number of hydrogen-bond donors (Lipinski definition) is 1. The zero-order chi connectivity index (χ0) is 16.5. The van der Waals surface area contributed by atoms with E-state index in [9.17, 15) is 8.42 Å². The van der Waals surface area contributed by atoms with E-state index < -0.39 is 10.0 Å². The van der Waals surface area contributed by atoms with Gasteiger partial charge < -0.3 is 0 Å². The van der Waals surface area contributed by atoms with Crippen molar-refractivity contribution in [3.63, 3.8) is 0 Å². The molecule has 0 atom stereocenters. The van der Waals surface area contributed by atoms with Gasteiger partial charge in [-0.3, -0.25) is 9.88 Å². The third-order valence-electron chi connectivity index (χ3n) is 3.06. The van der Waals surface area contributed by atoms with Gasteiger partial charge in [-0.25, -0.2) is 8.42 Å². The van der Waals surface area contributed by atoms with Gasteiger partial charge in [0.25, 0.3) is 0 Å². The van der Waals surface area contributed by atoms with Crippen molar-refractivity contribution in [1.29, 1.82) is 0 Å². The molecule has 23 heavy (non-hydrogen) atoms. The van der Waals surface area contributed by atoms with Crippen LogP contribution in [0.5, 0.6) is 0 Å². The number of sulfonamides is 1. The molecule has 2 rings (SSSR count). The summed E-state index contributed by atoms with van der Waals surface area (Å²) in [5.41, 5.74) is 1.22. The number of aromatic nitrogens is 1. The second-order valence-corrected chi connectivity index (χ2v) is 6.79. The number of nitrogens with one attached hydrogen (secondary N) is 1. The van der Waals surface area contributed by atoms with E-state index in [0.717, 1.165) is 6.54 Å². The van der Waals surface area contributed by atoms with Crippen LogP contribution in [0.3, 0.4) is 0 Å². The molecule has 0 radical (unpaired) electrons. The third-order valence-corrected chi connectivity index (χ3v) is 4.45. The predicted molar refractivity (Wildman–Crippen MR) is 90.0 cm³/mol. The monoisotopic (exact) mass is 329 g/mol. The van der Waals surface area contributed by atoms with Crippen molar-refractivity contribution in [3.8, 4) is 11.8 Å². The molecular weight excluding hydrogens is 310 g/mol. The minimum Gasteiger partial charge on any atom is -0.291 e. The lowest BCUT2D eigenvalue weighted by atomic mass is 10.2. The number of hydrogen-bond acceptors (Lipinski definition) is 4. The largest absolute Gasteiger partial charge is 0.291 e. The first-order valence-corrected chi connectivity index (χ1v) is 8.64. The summed E-state index contributed by atoms with van der Waals surface area (Å²) in [6.07, 6.45) is 2.84. The van der Waals surface area contributed by atoms with E-state index in [1.165, 1.54) is 24.0 Å². The van der Waals surface area contributed by atoms with Crippen LogP contribution in [-0.2, 0) is 16.6 Å². The van der Waals surface area contributed by atoms with Gasteiger partial charge in [0.05, 0.1) is 13.1 Å². The molecule has 0 amide bonds. The topological polar surface area (TPSA) is 62.3 Å². The van der Waals surface area contributed by atoms with Gasteiger partial charge >= 0.3 is 0 Å². The summed E-state index contributed by atoms with van der Waals surface area (Å²) in [6, 6.07) is 13.2. The van der Waals surface area contributed by atoms with E-state index in [-0.39, 0.29) is 11.4 Å². The maximum absolute atomic E-state index is 11.9. The average Bonchev–Trinajstić information content (AvgIpc) is 2.56. The van der Waals surface area contributed by atoms with Crippen LogP contribution in [0.25, 0.3) is 0 Å². The molecular formula is C17H19N3O2S. The summed E-state index contributed by atoms with van der Waals surface area (Å²) in [4.78, 5) is 6.01. The first-order valence-electron chi connectivity index (χ1n) is 7.16. The minimum atomic E-state index is -3.54. The minimum absolute atomic E-state index is 0.0798. The van der Waals surface area contributed by atoms with E-state index in [0.29, 0.717) is 6.54 Å². The summed E-state index contributed by atoms with van der Waals surface area (Å²) in [5, 5.41) is 0. The lowest BCUT2D eigenvalue weighted by Crippen LogP contribution is -2.24. The van der Waals surface area contributed by atoms with E-state index in [4.69, 9.17) is 0 Å². The number of nitrogens with zero attached hydrogens (tertiary/aromatic N) is 2. The van der Waals surface area contributed by atoms with Crippen LogP contribution in [0.4, 0.5) is 0 Å². The molecule has 6 heteroatoms. The first kappa shape index (κ1) is 17.2. The van der Waals surface area contributed by atoms with Gasteiger partial charge in [-0.05, 0) is 24.7 Å². The Bertz CT molecular complexity index is 766. The van der Waals surface area contributed by atoms with E-state index >= 15 is 0 Å². The second kappa shape index (κ2) is 8.44. The average molecular weight is 329 g/mol. The lowest BCUT2D eigenvalue weighted by Gasteiger charge is -2.12. The van der Waals surface area contributed by atoms with Crippen molar-refractivity contribution in [2.75, 3.05) is 20.1 Å². The molecule has 1 aromatic heterocycles. The summed E-state index contributed by atoms with van der Waals surface area (Å²) in [5.74, 6) is 5.79. The molecule has 0 saturated heterocycles. The molecule has 0 fully saturated rings. The summed E-state index contributed by atoms with van der Waals surface area (Å²) in [7, 11) is -1.56. The van der Waals surface area contributed by atoms with Gasteiger partial charge in [0, 0.05) is 18.9 Å². The Hall–Kier alpha value is -2.20. The molecule has 1 aromatic carbocycles. The molecule has 0 bridgehead atoms. The fraction of sp³-hybridized carbons (Fsp3) is 0.235. The fourth-order valence-corrected chi connectivity index (χ4v) is 2.81. The predicted octanol–water partition coefficient (Wildman–Crippen LogP) is 1.50. The first-order chi connectivity index (χ1) is 11.1. The van der Waals surface area contributed by atoms with Gasteiger partial charge in [-0.15, -0.1) is 0 Å². The van der Waals surface area contributed by atoms with Crippen LogP contribution in [0.15, 0.2) is 59.8 Å². The highest BCUT2D eigenvalue weighted by Crippen LogP contribution is 2.04. The maximum Gasteiger partial charge on any atom is 0.242 e. The number of benzene rings is 1. The Morgan fingerprint density at radius 2 is 1.91 bits per heavy atom. The highest BCUT2D eigenvalue weighted by Gasteiger charge is 2.11. The van der Waals surface area contributed by atoms with Gasteiger partial charge in [0.1, 0.15) is 4.90 Å². The van der Waals surface area contributed by atoms with Crippen molar-refractivity contribution in [1.82, 2.24) is 14.6 Å². The number of pyridine rings is 1. The molecule has 0 aliphatic heterocycles. The molecule has 0 unspecified atom stereocenters. The molecule has 1 N–H and O–H groups in total. The fourth-order valence-electron chi connectivity index (χ4n) is 1.92. The van der Waals surface area contributed by atoms with E-state index in [1.807, 2.05) is 25.2 Å². The van der Waals surface area contributed by atoms with Gasteiger partial charge in [-0.1, -0.05) is 42.2 Å². The molecule has 0 saturated carbocycles. The quantitative estimate of drug-likeness (QED) is 0.816. The zero-order valence-electron chi connectivity index (χ0n) is 12.9. The summed E-state index contributed by atoms with van der Waals surface area (Å²) in [6.45, 7) is 1.46. The van der Waals surface area contributed by atoms with E-state index in [2.05, 4.69) is 38.6 Å². The lowest BCUT2D eigenvalue weighted by molar-refractivity contribution is 0.369. The van der Waals surface area contributed by atoms with Crippen LogP contribution in [-0.4, -0.2) is 38.4 Å². The standard InChI is InChI=1S/C17H19N3O2S/c1-20(15-16-8-3-2-4-9-16)13-6-5-12-19-23(21,22)17-10-7-11-18-14-17/h2-4,7-11,14,19H,12-13,15H2,1H3. The van der Waals surface area contributed by atoms with Gasteiger partial charge in [0.2, 0.25) is 10.0 Å². The van der Waals surface area contributed by atoms with E-state index in [1.54, 1.807) is 6.07 Å². The van der Waals surface area contributed by atoms with Gasteiger partial charge in [-0.2, -0.15) is 4.72 Å². The molecule has 0 spiro atoms. The normalized spacial score (nSPS) is 11.0. The SMILES string of the molecule is CN(CC#CCNS(=O)(=O)c1cccnc1)Cc1ccccc1. The Kier molecular flexibility index (Phi) is 6.29. The summed E-state index contributed by atoms with van der Waals surface area (Å²) >= 11 is 0. The van der Waals surface area contributed by atoms with Gasteiger partial charge in [0.15, 0.2) is 0 Å². The molecule has 1 heterocycles. The molecule has 0 aliphatic carbocycles. The second-order valence-electron chi connectivity index (χ2n) is 5.02. The van der Waals surface area contributed by atoms with Crippen molar-refractivity contribution in [2.45, 2.75) is 11.4 Å². The zero-order valence-corrected chi connectivity index (χ0v) is 13.8. The van der Waals surface area contributed by atoms with Crippen molar-refractivity contribution < 1.29 is 8.42 Å². The molecule has 5 nitrogen and oxygen atoms in total. The molecule has 120 valence electrons. The Morgan fingerprint density at radius 1 is 1.13 bits per heavy atom. The molecule has 0 aliphatic rings. The van der Waals surface area contributed by atoms with Crippen molar-refractivity contribution in [3.05, 3.63) is 60.4 Å². The smallest absolute Gasteiger partial charge is 0.242 e. The molecule has 2 aromatic rings.